The third-order valence-electron chi connectivity index (χ3n) is 4.69. The summed E-state index contributed by atoms with van der Waals surface area (Å²) in [6.07, 6.45) is 2.29. The van der Waals surface area contributed by atoms with Gasteiger partial charge in [0.1, 0.15) is 5.82 Å². The van der Waals surface area contributed by atoms with Crippen LogP contribution in [0.3, 0.4) is 0 Å². The van der Waals surface area contributed by atoms with E-state index in [0.717, 1.165) is 12.8 Å². The molecule has 2 amide bonds. The van der Waals surface area contributed by atoms with Gasteiger partial charge in [0.25, 0.3) is 5.91 Å². The second kappa shape index (κ2) is 8.27. The monoisotopic (exact) mass is 334 g/mol. The summed E-state index contributed by atoms with van der Waals surface area (Å²) < 4.78 is 13.0. The van der Waals surface area contributed by atoms with Gasteiger partial charge < -0.3 is 10.2 Å². The number of amides is 2. The molecule has 1 aliphatic heterocycles. The Morgan fingerprint density at radius 1 is 1.25 bits per heavy atom. The van der Waals surface area contributed by atoms with Crippen LogP contribution in [0.4, 0.5) is 4.39 Å². The number of benzene rings is 1. The lowest BCUT2D eigenvalue weighted by Gasteiger charge is -2.38. The molecule has 2 atom stereocenters. The molecule has 0 spiro atoms. The maximum absolute atomic E-state index is 13.0. The number of carbonyl (C=O) groups is 2. The highest BCUT2D eigenvalue weighted by Crippen LogP contribution is 2.29. The Morgan fingerprint density at radius 3 is 2.50 bits per heavy atom. The van der Waals surface area contributed by atoms with Crippen LogP contribution in [0.15, 0.2) is 24.3 Å². The molecular formula is C19H27FN2O2. The molecule has 1 aliphatic rings. The van der Waals surface area contributed by atoms with Gasteiger partial charge in [-0.15, -0.1) is 0 Å². The fourth-order valence-electron chi connectivity index (χ4n) is 3.39. The first-order valence-electron chi connectivity index (χ1n) is 8.75. The van der Waals surface area contributed by atoms with Crippen molar-refractivity contribution >= 4 is 11.8 Å². The molecule has 5 heteroatoms. The van der Waals surface area contributed by atoms with Crippen molar-refractivity contribution in [1.82, 2.24) is 10.2 Å². The minimum Gasteiger partial charge on any atom is -0.354 e. The van der Waals surface area contributed by atoms with E-state index in [-0.39, 0.29) is 23.7 Å². The van der Waals surface area contributed by atoms with E-state index in [1.54, 1.807) is 0 Å². The zero-order valence-corrected chi connectivity index (χ0v) is 14.7. The van der Waals surface area contributed by atoms with Crippen molar-refractivity contribution in [1.29, 1.82) is 0 Å². The lowest BCUT2D eigenvalue weighted by molar-refractivity contribution is -0.123. The number of nitrogens with zero attached hydrogens (tertiary/aromatic N) is 1. The Morgan fingerprint density at radius 2 is 1.92 bits per heavy atom. The number of likely N-dealkylation sites (tertiary alicyclic amines) is 1. The molecule has 0 aliphatic carbocycles. The van der Waals surface area contributed by atoms with Gasteiger partial charge in [-0.25, -0.2) is 4.39 Å². The van der Waals surface area contributed by atoms with Crippen LogP contribution in [0.5, 0.6) is 0 Å². The summed E-state index contributed by atoms with van der Waals surface area (Å²) in [6.45, 7) is 7.32. The molecule has 132 valence electrons. The molecular weight excluding hydrogens is 307 g/mol. The molecule has 1 saturated heterocycles. The van der Waals surface area contributed by atoms with Crippen LogP contribution in [0.1, 0.15) is 50.4 Å². The van der Waals surface area contributed by atoms with E-state index in [2.05, 4.69) is 12.2 Å². The van der Waals surface area contributed by atoms with Crippen LogP contribution in [0, 0.1) is 17.7 Å². The number of piperidine rings is 1. The molecule has 1 N–H and O–H groups in total. The zero-order chi connectivity index (χ0) is 17.7. The van der Waals surface area contributed by atoms with Crippen molar-refractivity contribution < 1.29 is 14.0 Å². The van der Waals surface area contributed by atoms with E-state index in [9.17, 15) is 14.0 Å². The first-order chi connectivity index (χ1) is 11.4. The van der Waals surface area contributed by atoms with Crippen molar-refractivity contribution in [2.45, 2.75) is 46.1 Å². The molecule has 0 saturated carbocycles. The second-order valence-electron chi connectivity index (χ2n) is 6.90. The minimum absolute atomic E-state index is 0.0569. The summed E-state index contributed by atoms with van der Waals surface area (Å²) in [5.74, 6) is 0.324. The van der Waals surface area contributed by atoms with Gasteiger partial charge in [-0.3, -0.25) is 9.59 Å². The molecule has 2 unspecified atom stereocenters. The van der Waals surface area contributed by atoms with Crippen molar-refractivity contribution in [3.8, 4) is 0 Å². The number of hydrogen-bond acceptors (Lipinski definition) is 2. The van der Waals surface area contributed by atoms with Gasteiger partial charge in [0, 0.05) is 31.1 Å². The lowest BCUT2D eigenvalue weighted by atomic mass is 9.81. The molecule has 0 bridgehead atoms. The highest BCUT2D eigenvalue weighted by Gasteiger charge is 2.32. The maximum atomic E-state index is 13.0. The Balaban J connectivity index is 1.97. The predicted octanol–water partition coefficient (Wildman–Crippen LogP) is 3.23. The number of rotatable bonds is 5. The van der Waals surface area contributed by atoms with Crippen LogP contribution in [0.2, 0.25) is 0 Å². The smallest absolute Gasteiger partial charge is 0.253 e. The number of carbonyl (C=O) groups excluding carboxylic acids is 2. The molecule has 0 aromatic heterocycles. The van der Waals surface area contributed by atoms with Gasteiger partial charge in [0.05, 0.1) is 0 Å². The topological polar surface area (TPSA) is 49.4 Å². The van der Waals surface area contributed by atoms with Crippen LogP contribution >= 0.6 is 0 Å². The second-order valence-corrected chi connectivity index (χ2v) is 6.90. The van der Waals surface area contributed by atoms with Crippen molar-refractivity contribution in [3.63, 3.8) is 0 Å². The van der Waals surface area contributed by atoms with Crippen molar-refractivity contribution in [2.24, 2.45) is 11.8 Å². The summed E-state index contributed by atoms with van der Waals surface area (Å²) in [6, 6.07) is 5.83. The quantitative estimate of drug-likeness (QED) is 0.899. The largest absolute Gasteiger partial charge is 0.354 e. The summed E-state index contributed by atoms with van der Waals surface area (Å²) in [5.41, 5.74) is 0.516. The van der Waals surface area contributed by atoms with Gasteiger partial charge in [-0.05, 0) is 56.4 Å². The SMILES string of the molecule is CCC1CN(C(=O)c2ccc(F)cc2)CCC1CC(=O)NC(C)C. The predicted molar refractivity (Wildman–Crippen MR) is 92.1 cm³/mol. The first kappa shape index (κ1) is 18.4. The number of hydrogen-bond donors (Lipinski definition) is 1. The highest BCUT2D eigenvalue weighted by atomic mass is 19.1. The third kappa shape index (κ3) is 4.79. The zero-order valence-electron chi connectivity index (χ0n) is 14.7. The summed E-state index contributed by atoms with van der Waals surface area (Å²) in [7, 11) is 0. The Bertz CT molecular complexity index is 571. The minimum atomic E-state index is -0.340. The molecule has 1 fully saturated rings. The fraction of sp³-hybridized carbons (Fsp3) is 0.579. The van der Waals surface area contributed by atoms with Gasteiger partial charge >= 0.3 is 0 Å². The molecule has 2 rings (SSSR count). The van der Waals surface area contributed by atoms with Gasteiger partial charge in [0.2, 0.25) is 5.91 Å². The molecule has 24 heavy (non-hydrogen) atoms. The lowest BCUT2D eigenvalue weighted by Crippen LogP contribution is -2.45. The molecule has 4 nitrogen and oxygen atoms in total. The Kier molecular flexibility index (Phi) is 6.35. The summed E-state index contributed by atoms with van der Waals surface area (Å²) in [5, 5.41) is 2.94. The van der Waals surface area contributed by atoms with Crippen molar-refractivity contribution in [2.75, 3.05) is 13.1 Å². The summed E-state index contributed by atoms with van der Waals surface area (Å²) >= 11 is 0. The van der Waals surface area contributed by atoms with E-state index in [4.69, 9.17) is 0 Å². The van der Waals surface area contributed by atoms with E-state index >= 15 is 0 Å². The maximum Gasteiger partial charge on any atom is 0.253 e. The molecule has 1 aromatic carbocycles. The molecule has 1 aromatic rings. The third-order valence-corrected chi connectivity index (χ3v) is 4.69. The standard InChI is InChI=1S/C19H27FN2O2/c1-4-14-12-22(19(24)15-5-7-17(20)8-6-15)10-9-16(14)11-18(23)21-13(2)3/h5-8,13-14,16H,4,9-12H2,1-3H3,(H,21,23). The fourth-order valence-corrected chi connectivity index (χ4v) is 3.39. The first-order valence-corrected chi connectivity index (χ1v) is 8.75. The normalized spacial score (nSPS) is 21.0. The number of halogens is 1. The van der Waals surface area contributed by atoms with E-state index in [1.165, 1.54) is 24.3 Å². The molecule has 0 radical (unpaired) electrons. The average Bonchev–Trinajstić information content (AvgIpc) is 2.54. The van der Waals surface area contributed by atoms with E-state index < -0.39 is 0 Å². The van der Waals surface area contributed by atoms with Gasteiger partial charge in [-0.1, -0.05) is 13.3 Å². The Hall–Kier alpha value is -1.91. The van der Waals surface area contributed by atoms with Crippen molar-refractivity contribution in [3.05, 3.63) is 35.6 Å². The van der Waals surface area contributed by atoms with Crippen LogP contribution < -0.4 is 5.32 Å². The number of nitrogens with one attached hydrogen (secondary N) is 1. The van der Waals surface area contributed by atoms with Crippen LogP contribution in [0.25, 0.3) is 0 Å². The van der Waals surface area contributed by atoms with Gasteiger partial charge in [0.15, 0.2) is 0 Å². The van der Waals surface area contributed by atoms with E-state index in [1.807, 2.05) is 18.7 Å². The highest BCUT2D eigenvalue weighted by molar-refractivity contribution is 5.94. The van der Waals surface area contributed by atoms with E-state index in [0.29, 0.717) is 36.9 Å². The van der Waals surface area contributed by atoms with Crippen LogP contribution in [-0.2, 0) is 4.79 Å². The summed E-state index contributed by atoms with van der Waals surface area (Å²) in [4.78, 5) is 26.4. The van der Waals surface area contributed by atoms with Gasteiger partial charge in [-0.2, -0.15) is 0 Å². The van der Waals surface area contributed by atoms with Crippen LogP contribution in [-0.4, -0.2) is 35.8 Å². The Labute approximate surface area is 143 Å². The molecule has 1 heterocycles. The average molecular weight is 334 g/mol.